The number of nitrogens with one attached hydrogen (secondary N) is 1. The van der Waals surface area contributed by atoms with Gasteiger partial charge in [0, 0.05) is 19.2 Å². The zero-order chi connectivity index (χ0) is 27.9. The fraction of sp³-hybridized carbons (Fsp3) is 0.481. The Morgan fingerprint density at radius 2 is 1.71 bits per heavy atom. The molecule has 1 atom stereocenters. The predicted octanol–water partition coefficient (Wildman–Crippen LogP) is 2.81. The third-order valence-corrected chi connectivity index (χ3v) is 7.22. The molecule has 0 aromatic heterocycles. The molecule has 0 saturated heterocycles. The van der Waals surface area contributed by atoms with Gasteiger partial charge in [0.05, 0.1) is 19.1 Å². The summed E-state index contributed by atoms with van der Waals surface area (Å²) >= 11 is 0. The summed E-state index contributed by atoms with van der Waals surface area (Å²) in [6, 6.07) is 11.1. The van der Waals surface area contributed by atoms with Crippen LogP contribution in [0.3, 0.4) is 0 Å². The quantitative estimate of drug-likeness (QED) is 0.435. The lowest BCUT2D eigenvalue weighted by Crippen LogP contribution is -2.52. The molecule has 208 valence electrons. The molecule has 0 radical (unpaired) electrons. The highest BCUT2D eigenvalue weighted by Crippen LogP contribution is 2.34. The molecule has 2 aromatic rings. The van der Waals surface area contributed by atoms with Crippen molar-refractivity contribution in [1.82, 2.24) is 10.2 Å². The number of carbonyl (C=O) groups is 2. The monoisotopic (exact) mass is 547 g/mol. The van der Waals surface area contributed by atoms with Crippen molar-refractivity contribution in [1.29, 1.82) is 0 Å². The third kappa shape index (κ3) is 7.53. The van der Waals surface area contributed by atoms with Crippen LogP contribution in [0.1, 0.15) is 32.8 Å². The molecule has 1 aliphatic heterocycles. The molecule has 1 aliphatic rings. The second kappa shape index (κ2) is 12.9. The van der Waals surface area contributed by atoms with Crippen LogP contribution in [-0.2, 0) is 26.2 Å². The van der Waals surface area contributed by atoms with E-state index in [1.54, 1.807) is 37.4 Å². The maximum atomic E-state index is 13.8. The van der Waals surface area contributed by atoms with E-state index in [4.69, 9.17) is 14.2 Å². The molecule has 11 heteroatoms. The van der Waals surface area contributed by atoms with Crippen molar-refractivity contribution in [2.45, 2.75) is 39.8 Å². The maximum absolute atomic E-state index is 13.8. The fourth-order valence-electron chi connectivity index (χ4n) is 4.07. The highest BCUT2D eigenvalue weighted by molar-refractivity contribution is 7.92. The first-order valence-electron chi connectivity index (χ1n) is 12.6. The summed E-state index contributed by atoms with van der Waals surface area (Å²) in [5, 5.41) is 2.91. The summed E-state index contributed by atoms with van der Waals surface area (Å²) in [4.78, 5) is 28.4. The second-order valence-electron chi connectivity index (χ2n) is 9.53. The van der Waals surface area contributed by atoms with Crippen molar-refractivity contribution in [3.05, 3.63) is 48.0 Å². The summed E-state index contributed by atoms with van der Waals surface area (Å²) in [5.74, 6) is 1.02. The van der Waals surface area contributed by atoms with Crippen molar-refractivity contribution in [3.8, 4) is 17.2 Å². The molecule has 0 saturated carbocycles. The van der Waals surface area contributed by atoms with E-state index < -0.39 is 28.5 Å². The topological polar surface area (TPSA) is 114 Å². The van der Waals surface area contributed by atoms with Gasteiger partial charge in [0.15, 0.2) is 11.5 Å². The van der Waals surface area contributed by atoms with Crippen LogP contribution < -0.4 is 23.8 Å². The number of benzene rings is 2. The van der Waals surface area contributed by atoms with Gasteiger partial charge >= 0.3 is 0 Å². The minimum Gasteiger partial charge on any atom is -0.497 e. The highest BCUT2D eigenvalue weighted by atomic mass is 32.2. The van der Waals surface area contributed by atoms with Crippen LogP contribution in [0.2, 0.25) is 0 Å². The molecule has 1 N–H and O–H groups in total. The molecule has 38 heavy (non-hydrogen) atoms. The summed E-state index contributed by atoms with van der Waals surface area (Å²) in [5.41, 5.74) is 1.05. The molecular formula is C27H37N3O7S. The molecule has 2 amide bonds. The number of anilines is 1. The van der Waals surface area contributed by atoms with Gasteiger partial charge in [0.2, 0.25) is 21.8 Å². The van der Waals surface area contributed by atoms with Crippen molar-refractivity contribution >= 4 is 27.5 Å². The summed E-state index contributed by atoms with van der Waals surface area (Å²) in [6.07, 6.45) is 1.40. The van der Waals surface area contributed by atoms with E-state index in [-0.39, 0.29) is 24.1 Å². The van der Waals surface area contributed by atoms with Crippen LogP contribution in [-0.4, -0.2) is 70.8 Å². The van der Waals surface area contributed by atoms with Gasteiger partial charge in [-0.3, -0.25) is 13.9 Å². The van der Waals surface area contributed by atoms with Gasteiger partial charge in [-0.15, -0.1) is 0 Å². The van der Waals surface area contributed by atoms with Crippen LogP contribution in [0.25, 0.3) is 0 Å². The Morgan fingerprint density at radius 3 is 2.29 bits per heavy atom. The van der Waals surface area contributed by atoms with Crippen LogP contribution >= 0.6 is 0 Å². The van der Waals surface area contributed by atoms with Crippen LogP contribution in [0.4, 0.5) is 5.69 Å². The molecule has 0 spiro atoms. The minimum atomic E-state index is -3.86. The van der Waals surface area contributed by atoms with Crippen LogP contribution in [0.5, 0.6) is 17.2 Å². The molecule has 2 aromatic carbocycles. The molecule has 0 bridgehead atoms. The predicted molar refractivity (Wildman–Crippen MR) is 145 cm³/mol. The number of amides is 2. The molecule has 0 fully saturated rings. The van der Waals surface area contributed by atoms with E-state index in [2.05, 4.69) is 5.32 Å². The Labute approximate surface area is 224 Å². The van der Waals surface area contributed by atoms with E-state index in [9.17, 15) is 18.0 Å². The Kier molecular flexibility index (Phi) is 9.84. The van der Waals surface area contributed by atoms with Gasteiger partial charge in [-0.2, -0.15) is 0 Å². The molecule has 1 heterocycles. The number of nitrogens with zero attached hydrogens (tertiary/aromatic N) is 2. The highest BCUT2D eigenvalue weighted by Gasteiger charge is 2.32. The smallest absolute Gasteiger partial charge is 0.244 e. The zero-order valence-corrected chi connectivity index (χ0v) is 23.4. The Bertz CT molecular complexity index is 1220. The summed E-state index contributed by atoms with van der Waals surface area (Å²) in [6.45, 7) is 6.64. The SMILES string of the molecule is CCC(C(=O)NCC(C)C)N(Cc1ccc(OC)cc1)C(=O)CN(c1ccc2c(c1)OCCO2)S(C)(=O)=O. The fourth-order valence-corrected chi connectivity index (χ4v) is 4.91. The van der Waals surface area contributed by atoms with Gasteiger partial charge in [0.25, 0.3) is 0 Å². The number of hydrogen-bond acceptors (Lipinski definition) is 7. The van der Waals surface area contributed by atoms with Crippen molar-refractivity contribution in [2.24, 2.45) is 5.92 Å². The van der Waals surface area contributed by atoms with Crippen LogP contribution in [0, 0.1) is 5.92 Å². The average Bonchev–Trinajstić information content (AvgIpc) is 2.89. The van der Waals surface area contributed by atoms with Gasteiger partial charge in [-0.1, -0.05) is 32.9 Å². The molecule has 10 nitrogen and oxygen atoms in total. The Balaban J connectivity index is 1.93. The number of sulfonamides is 1. The van der Waals surface area contributed by atoms with E-state index >= 15 is 0 Å². The molecule has 3 rings (SSSR count). The molecule has 0 aliphatic carbocycles. The first-order chi connectivity index (χ1) is 18.0. The van der Waals surface area contributed by atoms with Gasteiger partial charge in [0.1, 0.15) is 31.5 Å². The van der Waals surface area contributed by atoms with E-state index in [1.165, 1.54) is 4.90 Å². The Morgan fingerprint density at radius 1 is 1.05 bits per heavy atom. The van der Waals surface area contributed by atoms with Gasteiger partial charge < -0.3 is 24.4 Å². The third-order valence-electron chi connectivity index (χ3n) is 6.08. The Hall–Kier alpha value is -3.47. The van der Waals surface area contributed by atoms with Crippen molar-refractivity contribution in [2.75, 3.05) is 44.0 Å². The van der Waals surface area contributed by atoms with Gasteiger partial charge in [-0.05, 0) is 42.2 Å². The minimum absolute atomic E-state index is 0.120. The normalized spacial score (nSPS) is 13.5. The lowest BCUT2D eigenvalue weighted by atomic mass is 10.1. The molecule has 1 unspecified atom stereocenters. The second-order valence-corrected chi connectivity index (χ2v) is 11.4. The number of rotatable bonds is 12. The first kappa shape index (κ1) is 29.1. The number of carbonyl (C=O) groups excluding carboxylic acids is 2. The average molecular weight is 548 g/mol. The first-order valence-corrected chi connectivity index (χ1v) is 14.5. The lowest BCUT2D eigenvalue weighted by Gasteiger charge is -2.33. The molecular weight excluding hydrogens is 510 g/mol. The number of hydrogen-bond donors (Lipinski definition) is 1. The zero-order valence-electron chi connectivity index (χ0n) is 22.6. The number of ether oxygens (including phenoxy) is 3. The lowest BCUT2D eigenvalue weighted by molar-refractivity contribution is -0.140. The summed E-state index contributed by atoms with van der Waals surface area (Å²) < 4.78 is 43.0. The van der Waals surface area contributed by atoms with Crippen LogP contribution in [0.15, 0.2) is 42.5 Å². The van der Waals surface area contributed by atoms with Crippen molar-refractivity contribution < 1.29 is 32.2 Å². The number of fused-ring (bicyclic) bond motifs is 1. The van der Waals surface area contributed by atoms with E-state index in [0.717, 1.165) is 16.1 Å². The van der Waals surface area contributed by atoms with E-state index in [0.29, 0.717) is 43.4 Å². The summed E-state index contributed by atoms with van der Waals surface area (Å²) in [7, 11) is -2.29. The van der Waals surface area contributed by atoms with Gasteiger partial charge in [-0.25, -0.2) is 8.42 Å². The maximum Gasteiger partial charge on any atom is 0.244 e. The van der Waals surface area contributed by atoms with Crippen molar-refractivity contribution in [3.63, 3.8) is 0 Å². The van der Waals surface area contributed by atoms with E-state index in [1.807, 2.05) is 32.9 Å². The largest absolute Gasteiger partial charge is 0.497 e. The number of methoxy groups -OCH3 is 1. The standard InChI is InChI=1S/C27H37N3O7S/c1-6-23(27(32)28-16-19(2)3)29(17-20-7-10-22(35-4)11-8-20)26(31)18-30(38(5,33)34)21-9-12-24-25(15-21)37-14-13-36-24/h7-12,15,19,23H,6,13-14,16-18H2,1-5H3,(H,28,32).